The summed E-state index contributed by atoms with van der Waals surface area (Å²) in [5.74, 6) is 0. The molecule has 1 unspecified atom stereocenters. The Labute approximate surface area is 69.3 Å². The summed E-state index contributed by atoms with van der Waals surface area (Å²) < 4.78 is 20.5. The summed E-state index contributed by atoms with van der Waals surface area (Å²) in [6, 6.07) is 0. The van der Waals surface area contributed by atoms with Crippen molar-refractivity contribution in [2.45, 2.75) is 0 Å². The molecule has 0 aliphatic heterocycles. The first-order valence-electron chi connectivity index (χ1n) is 3.19. The van der Waals surface area contributed by atoms with Crippen molar-refractivity contribution in [2.75, 3.05) is 34.3 Å². The number of nitrogens with one attached hydrogen (secondary N) is 1. The highest BCUT2D eigenvalue weighted by Crippen LogP contribution is 1.87. The highest BCUT2D eigenvalue weighted by Gasteiger charge is 2.05. The van der Waals surface area contributed by atoms with Gasteiger partial charge in [0.1, 0.15) is 13.2 Å². The van der Waals surface area contributed by atoms with Crippen LogP contribution in [0.4, 0.5) is 0 Å². The first-order chi connectivity index (χ1) is 4.92. The minimum atomic E-state index is -2.32. The van der Waals surface area contributed by atoms with Gasteiger partial charge in [0, 0.05) is 11.3 Å². The minimum Gasteiger partial charge on any atom is -0.758 e. The zero-order valence-electron chi connectivity index (χ0n) is 6.99. The Morgan fingerprint density at radius 2 is 2.09 bits per heavy atom. The fourth-order valence-electron chi connectivity index (χ4n) is 0.409. The molecular weight excluding hydrogens is 168 g/mol. The maximum Gasteiger partial charge on any atom is 0.118 e. The second-order valence-corrected chi connectivity index (χ2v) is 3.82. The summed E-state index contributed by atoms with van der Waals surface area (Å²) in [6.45, 7) is 1.13. The van der Waals surface area contributed by atoms with Gasteiger partial charge in [0.15, 0.2) is 0 Å². The Morgan fingerprint density at radius 1 is 1.55 bits per heavy atom. The topological polar surface area (TPSA) is 61.4 Å². The number of hydrogen-bond donors (Lipinski definition) is 1. The van der Waals surface area contributed by atoms with E-state index in [-0.39, 0.29) is 0 Å². The molecule has 0 aromatic rings. The maximum absolute atomic E-state index is 9.88. The molecule has 0 heterocycles. The molecule has 68 valence electrons. The van der Waals surface area contributed by atoms with E-state index < -0.39 is 11.3 Å². The smallest absolute Gasteiger partial charge is 0.118 e. The van der Waals surface area contributed by atoms with Crippen LogP contribution < -0.4 is 4.89 Å². The van der Waals surface area contributed by atoms with Gasteiger partial charge >= 0.3 is 0 Å². The maximum atomic E-state index is 9.88. The molecule has 0 saturated heterocycles. The lowest BCUT2D eigenvalue weighted by Crippen LogP contribution is -2.38. The molecule has 0 aromatic heterocycles. The lowest BCUT2D eigenvalue weighted by molar-refractivity contribution is -0.870. The third-order valence-corrected chi connectivity index (χ3v) is 1.25. The van der Waals surface area contributed by atoms with E-state index in [0.29, 0.717) is 6.61 Å². The van der Waals surface area contributed by atoms with E-state index in [0.717, 1.165) is 11.0 Å². The molecule has 5 nitrogen and oxygen atoms in total. The Bertz CT molecular complexity index is 134. The molecule has 1 atom stereocenters. The first-order valence-corrected chi connectivity index (χ1v) is 4.26. The van der Waals surface area contributed by atoms with Gasteiger partial charge in [-0.1, -0.05) is 0 Å². The Morgan fingerprint density at radius 3 is 2.45 bits per heavy atom. The average Bonchev–Trinajstić information content (AvgIpc) is 1.78. The van der Waals surface area contributed by atoms with Gasteiger partial charge in [-0.15, -0.1) is 4.89 Å². The molecule has 0 aliphatic rings. The fourth-order valence-corrected chi connectivity index (χ4v) is 0.589. The summed E-state index contributed by atoms with van der Waals surface area (Å²) in [5.41, 5.74) is 0. The molecule has 0 radical (unpaired) electrons. The van der Waals surface area contributed by atoms with Crippen LogP contribution in [0.2, 0.25) is 0 Å². The Balaban J connectivity index is 3.22. The number of likely N-dealkylation sites (N-methyl/N-ethyl adjacent to an activating group) is 1. The van der Waals surface area contributed by atoms with Gasteiger partial charge in [0.05, 0.1) is 21.1 Å². The second-order valence-electron chi connectivity index (χ2n) is 3.18. The number of rotatable bonds is 5. The highest BCUT2D eigenvalue weighted by atomic mass is 32.2. The molecule has 0 amide bonds. The van der Waals surface area contributed by atoms with Crippen LogP contribution in [0.15, 0.2) is 0 Å². The molecule has 11 heavy (non-hydrogen) atoms. The van der Waals surface area contributed by atoms with E-state index >= 15 is 0 Å². The summed E-state index contributed by atoms with van der Waals surface area (Å²) in [4.78, 5) is 6.42. The summed E-state index contributed by atoms with van der Waals surface area (Å²) in [6.07, 6.45) is 0. The highest BCUT2D eigenvalue weighted by molar-refractivity contribution is 7.76. The van der Waals surface area contributed by atoms with Crippen molar-refractivity contribution in [3.63, 3.8) is 0 Å². The van der Waals surface area contributed by atoms with Gasteiger partial charge in [0.25, 0.3) is 0 Å². The minimum absolute atomic E-state index is 0.373. The van der Waals surface area contributed by atoms with E-state index in [9.17, 15) is 8.76 Å². The zero-order chi connectivity index (χ0) is 8.91. The lowest BCUT2D eigenvalue weighted by atomic mass is 10.5. The van der Waals surface area contributed by atoms with Crippen molar-refractivity contribution in [3.05, 3.63) is 0 Å². The monoisotopic (exact) mass is 182 g/mol. The van der Waals surface area contributed by atoms with Gasteiger partial charge in [0.2, 0.25) is 0 Å². The zero-order valence-corrected chi connectivity index (χ0v) is 7.81. The third kappa shape index (κ3) is 9.99. The van der Waals surface area contributed by atoms with Gasteiger partial charge in [-0.05, 0) is 0 Å². The van der Waals surface area contributed by atoms with Crippen molar-refractivity contribution in [1.29, 1.82) is 0 Å². The van der Waals surface area contributed by atoms with E-state index in [2.05, 4.69) is 4.84 Å². The third-order valence-electron chi connectivity index (χ3n) is 0.991. The average molecular weight is 182 g/mol. The summed E-state index contributed by atoms with van der Waals surface area (Å²) in [5, 5.41) is 0. The standard InChI is InChI=1S/C5H14N2O3S/c1-7(2,3)4-5-10-6-11(8)9/h6H,4-5H2,1-3H3. The van der Waals surface area contributed by atoms with Crippen molar-refractivity contribution < 1.29 is 18.1 Å². The quantitative estimate of drug-likeness (QED) is 0.257. The molecule has 0 bridgehead atoms. The summed E-state index contributed by atoms with van der Waals surface area (Å²) in [7, 11) is 5.99. The van der Waals surface area contributed by atoms with Crippen molar-refractivity contribution in [1.82, 2.24) is 4.89 Å². The molecule has 0 spiro atoms. The van der Waals surface area contributed by atoms with Crippen molar-refractivity contribution in [2.24, 2.45) is 0 Å². The fraction of sp³-hybridized carbons (Fsp3) is 1.00. The van der Waals surface area contributed by atoms with Gasteiger partial charge in [-0.25, -0.2) is 0 Å². The van der Waals surface area contributed by atoms with Crippen molar-refractivity contribution in [3.8, 4) is 0 Å². The number of nitrogens with zero attached hydrogens (tertiary/aromatic N) is 1. The van der Waals surface area contributed by atoms with Crippen LogP contribution in [-0.4, -0.2) is 47.5 Å². The molecule has 0 saturated carbocycles. The van der Waals surface area contributed by atoms with E-state index in [4.69, 9.17) is 0 Å². The normalized spacial score (nSPS) is 14.9. The van der Waals surface area contributed by atoms with Crippen LogP contribution in [0.1, 0.15) is 0 Å². The molecule has 1 N–H and O–H groups in total. The molecular formula is C5H14N2O3S. The molecule has 6 heteroatoms. The first kappa shape index (κ1) is 11.0. The SMILES string of the molecule is C[N+](C)(C)CCONS(=O)[O-]. The van der Waals surface area contributed by atoms with Crippen LogP contribution in [-0.2, 0) is 16.1 Å². The molecule has 0 aromatic carbocycles. The largest absolute Gasteiger partial charge is 0.758 e. The Kier molecular flexibility index (Phi) is 4.78. The van der Waals surface area contributed by atoms with Crippen LogP contribution in [0, 0.1) is 0 Å². The molecule has 0 fully saturated rings. The number of quaternary nitrogens is 1. The van der Waals surface area contributed by atoms with E-state index in [1.165, 1.54) is 0 Å². The van der Waals surface area contributed by atoms with Crippen LogP contribution >= 0.6 is 0 Å². The van der Waals surface area contributed by atoms with Gasteiger partial charge in [-0.2, -0.15) is 0 Å². The van der Waals surface area contributed by atoms with Crippen LogP contribution in [0.25, 0.3) is 0 Å². The van der Waals surface area contributed by atoms with E-state index in [1.807, 2.05) is 26.0 Å². The van der Waals surface area contributed by atoms with Crippen LogP contribution in [0.5, 0.6) is 0 Å². The van der Waals surface area contributed by atoms with Gasteiger partial charge in [-0.3, -0.25) is 9.05 Å². The van der Waals surface area contributed by atoms with Crippen molar-refractivity contribution >= 4 is 11.3 Å². The van der Waals surface area contributed by atoms with Gasteiger partial charge < -0.3 is 9.04 Å². The summed E-state index contributed by atoms with van der Waals surface area (Å²) >= 11 is -2.32. The predicted octanol–water partition coefficient (Wildman–Crippen LogP) is -0.992. The second kappa shape index (κ2) is 4.78. The molecule has 0 aliphatic carbocycles. The van der Waals surface area contributed by atoms with Crippen LogP contribution in [0.3, 0.4) is 0 Å². The van der Waals surface area contributed by atoms with E-state index in [1.54, 1.807) is 0 Å². The molecule has 0 rings (SSSR count). The number of hydrogen-bond acceptors (Lipinski definition) is 3. The lowest BCUT2D eigenvalue weighted by Gasteiger charge is -2.23. The predicted molar refractivity (Wildman–Crippen MR) is 40.9 cm³/mol. The Hall–Kier alpha value is -0.0100.